The largest absolute Gasteiger partial charge is 0.457 e. The van der Waals surface area contributed by atoms with Crippen molar-refractivity contribution in [3.8, 4) is 11.5 Å². The van der Waals surface area contributed by atoms with Crippen LogP contribution in [-0.2, 0) is 0 Å². The third-order valence-electron chi connectivity index (χ3n) is 2.25. The van der Waals surface area contributed by atoms with Crippen LogP contribution >= 0.6 is 0 Å². The molecule has 1 nitrogen and oxygen atoms in total. The van der Waals surface area contributed by atoms with E-state index in [4.69, 9.17) is 12.6 Å². The third-order valence-corrected chi connectivity index (χ3v) is 2.25. The van der Waals surface area contributed by atoms with Crippen LogP contribution in [0.2, 0.25) is 0 Å². The van der Waals surface area contributed by atoms with Gasteiger partial charge in [-0.25, -0.2) is 4.39 Å². The van der Waals surface area contributed by atoms with E-state index in [1.54, 1.807) is 43.3 Å². The van der Waals surface area contributed by atoms with Crippen LogP contribution in [0.4, 0.5) is 4.39 Å². The first-order valence-corrected chi connectivity index (χ1v) is 4.95. The van der Waals surface area contributed by atoms with Gasteiger partial charge in [-0.05, 0) is 42.8 Å². The van der Waals surface area contributed by atoms with E-state index in [9.17, 15) is 4.39 Å². The van der Waals surface area contributed by atoms with Gasteiger partial charge in [0.15, 0.2) is 0 Å². The lowest BCUT2D eigenvalue weighted by Gasteiger charge is -2.07. The molecule has 0 aliphatic carbocycles. The Hall–Kier alpha value is -1.77. The summed E-state index contributed by atoms with van der Waals surface area (Å²) in [5.74, 6) is 1.06. The molecule has 0 fully saturated rings. The van der Waals surface area contributed by atoms with E-state index in [1.165, 1.54) is 6.07 Å². The maximum absolute atomic E-state index is 13.0. The zero-order chi connectivity index (χ0) is 11.5. The molecule has 0 saturated carbocycles. The van der Waals surface area contributed by atoms with Gasteiger partial charge in [-0.15, -0.1) is 0 Å². The Morgan fingerprint density at radius 3 is 2.25 bits per heavy atom. The van der Waals surface area contributed by atoms with Crippen molar-refractivity contribution in [1.29, 1.82) is 0 Å². The Morgan fingerprint density at radius 2 is 1.62 bits per heavy atom. The van der Waals surface area contributed by atoms with Crippen molar-refractivity contribution < 1.29 is 9.13 Å². The van der Waals surface area contributed by atoms with Crippen LogP contribution in [0.3, 0.4) is 0 Å². The number of aryl methyl sites for hydroxylation is 1. The Morgan fingerprint density at radius 1 is 1.00 bits per heavy atom. The molecule has 2 aromatic rings. The van der Waals surface area contributed by atoms with E-state index in [0.717, 1.165) is 0 Å². The zero-order valence-corrected chi connectivity index (χ0v) is 8.91. The normalized spacial score (nSPS) is 10.1. The first-order valence-electron chi connectivity index (χ1n) is 4.95. The summed E-state index contributed by atoms with van der Waals surface area (Å²) in [6.07, 6.45) is 0. The topological polar surface area (TPSA) is 9.23 Å². The van der Waals surface area contributed by atoms with Gasteiger partial charge in [-0.1, -0.05) is 17.6 Å². The van der Waals surface area contributed by atoms with Crippen molar-refractivity contribution >= 4 is 13.3 Å². The summed E-state index contributed by atoms with van der Waals surface area (Å²) in [7, 11) is 5.56. The van der Waals surface area contributed by atoms with Gasteiger partial charge >= 0.3 is 0 Å². The summed E-state index contributed by atoms with van der Waals surface area (Å²) < 4.78 is 18.6. The van der Waals surface area contributed by atoms with Crippen molar-refractivity contribution in [2.75, 3.05) is 0 Å². The smallest absolute Gasteiger partial charge is 0.127 e. The fraction of sp³-hybridized carbons (Fsp3) is 0.0769. The minimum atomic E-state index is -0.232. The average Bonchev–Trinajstić information content (AvgIpc) is 2.27. The standard InChI is InChI=1S/C13H10BFO/c1-9-8-12(6-7-13(9)15)16-11-4-2-10(14)3-5-11/h2-8H,1H3. The molecule has 16 heavy (non-hydrogen) atoms. The molecule has 3 heteroatoms. The van der Waals surface area contributed by atoms with E-state index in [1.807, 2.05) is 0 Å². The summed E-state index contributed by atoms with van der Waals surface area (Å²) in [4.78, 5) is 0. The molecule has 0 spiro atoms. The van der Waals surface area contributed by atoms with E-state index in [2.05, 4.69) is 0 Å². The first-order chi connectivity index (χ1) is 7.65. The van der Waals surface area contributed by atoms with Crippen molar-refractivity contribution in [2.24, 2.45) is 0 Å². The summed E-state index contributed by atoms with van der Waals surface area (Å²) in [6.45, 7) is 1.70. The highest BCUT2D eigenvalue weighted by molar-refractivity contribution is 6.32. The SMILES string of the molecule is [B]c1ccc(Oc2ccc(F)c(C)c2)cc1. The lowest BCUT2D eigenvalue weighted by atomic mass is 9.97. The molecule has 0 heterocycles. The fourth-order valence-corrected chi connectivity index (χ4v) is 1.35. The summed E-state index contributed by atoms with van der Waals surface area (Å²) in [5.41, 5.74) is 1.25. The lowest BCUT2D eigenvalue weighted by Crippen LogP contribution is -1.99. The predicted molar refractivity (Wildman–Crippen MR) is 63.0 cm³/mol. The maximum atomic E-state index is 13.0. The van der Waals surface area contributed by atoms with Crippen LogP contribution in [0.5, 0.6) is 11.5 Å². The molecule has 2 radical (unpaired) electrons. The second-order valence-corrected chi connectivity index (χ2v) is 3.58. The first kappa shape index (κ1) is 10.7. The summed E-state index contributed by atoms with van der Waals surface area (Å²) in [6, 6.07) is 11.7. The molecule has 2 aromatic carbocycles. The molecule has 0 unspecified atom stereocenters. The Balaban J connectivity index is 2.20. The number of hydrogen-bond acceptors (Lipinski definition) is 1. The molecule has 0 saturated heterocycles. The second-order valence-electron chi connectivity index (χ2n) is 3.58. The molecule has 0 aliphatic rings. The van der Waals surface area contributed by atoms with E-state index in [0.29, 0.717) is 22.5 Å². The van der Waals surface area contributed by atoms with Crippen LogP contribution in [0.15, 0.2) is 42.5 Å². The maximum Gasteiger partial charge on any atom is 0.127 e. The van der Waals surface area contributed by atoms with Gasteiger partial charge < -0.3 is 4.74 Å². The van der Waals surface area contributed by atoms with Crippen molar-refractivity contribution in [3.63, 3.8) is 0 Å². The van der Waals surface area contributed by atoms with Gasteiger partial charge in [-0.3, -0.25) is 0 Å². The number of rotatable bonds is 2. The Bertz CT molecular complexity index is 494. The van der Waals surface area contributed by atoms with Gasteiger partial charge in [0.05, 0.1) is 0 Å². The van der Waals surface area contributed by atoms with Crippen molar-refractivity contribution in [2.45, 2.75) is 6.92 Å². The van der Waals surface area contributed by atoms with E-state index >= 15 is 0 Å². The summed E-state index contributed by atoms with van der Waals surface area (Å²) >= 11 is 0. The van der Waals surface area contributed by atoms with Crippen LogP contribution in [0.1, 0.15) is 5.56 Å². The molecule has 0 bridgehead atoms. The van der Waals surface area contributed by atoms with Gasteiger partial charge in [0.2, 0.25) is 0 Å². The quantitative estimate of drug-likeness (QED) is 0.695. The zero-order valence-electron chi connectivity index (χ0n) is 8.91. The molecule has 2 rings (SSSR count). The monoisotopic (exact) mass is 212 g/mol. The highest BCUT2D eigenvalue weighted by Crippen LogP contribution is 2.22. The second kappa shape index (κ2) is 4.39. The van der Waals surface area contributed by atoms with Crippen LogP contribution in [-0.4, -0.2) is 7.85 Å². The fourth-order valence-electron chi connectivity index (χ4n) is 1.35. The van der Waals surface area contributed by atoms with Gasteiger partial charge in [0.1, 0.15) is 25.2 Å². The Kier molecular flexibility index (Phi) is 2.95. The molecule has 0 aromatic heterocycles. The molecule has 0 N–H and O–H groups in total. The highest BCUT2D eigenvalue weighted by Gasteiger charge is 2.00. The molecule has 0 atom stereocenters. The molecule has 78 valence electrons. The van der Waals surface area contributed by atoms with Crippen LogP contribution in [0.25, 0.3) is 0 Å². The lowest BCUT2D eigenvalue weighted by molar-refractivity contribution is 0.480. The number of ether oxygens (including phenoxy) is 1. The van der Waals surface area contributed by atoms with Gasteiger partial charge in [0, 0.05) is 0 Å². The number of hydrogen-bond donors (Lipinski definition) is 0. The highest BCUT2D eigenvalue weighted by atomic mass is 19.1. The van der Waals surface area contributed by atoms with Crippen molar-refractivity contribution in [1.82, 2.24) is 0 Å². The minimum absolute atomic E-state index is 0.232. The molecular weight excluding hydrogens is 202 g/mol. The Labute approximate surface area is 95.3 Å². The van der Waals surface area contributed by atoms with E-state index < -0.39 is 0 Å². The number of benzene rings is 2. The third kappa shape index (κ3) is 2.43. The number of halogens is 1. The van der Waals surface area contributed by atoms with Crippen LogP contribution in [0, 0.1) is 12.7 Å². The van der Waals surface area contributed by atoms with Gasteiger partial charge in [0.25, 0.3) is 0 Å². The molecule has 0 amide bonds. The average molecular weight is 212 g/mol. The predicted octanol–water partition coefficient (Wildman–Crippen LogP) is 2.72. The van der Waals surface area contributed by atoms with Crippen LogP contribution < -0.4 is 10.2 Å². The van der Waals surface area contributed by atoms with Crippen molar-refractivity contribution in [3.05, 3.63) is 53.8 Å². The molecule has 0 aliphatic heterocycles. The minimum Gasteiger partial charge on any atom is -0.457 e. The van der Waals surface area contributed by atoms with Gasteiger partial charge in [-0.2, -0.15) is 0 Å². The molecular formula is C13H10BFO. The summed E-state index contributed by atoms with van der Waals surface area (Å²) in [5, 5.41) is 0. The van der Waals surface area contributed by atoms with E-state index in [-0.39, 0.29) is 5.82 Å².